The van der Waals surface area contributed by atoms with Crippen LogP contribution in [0.15, 0.2) is 24.3 Å². The summed E-state index contributed by atoms with van der Waals surface area (Å²) in [6.45, 7) is 0. The van der Waals surface area contributed by atoms with E-state index in [-0.39, 0.29) is 29.3 Å². The third kappa shape index (κ3) is 5.69. The van der Waals surface area contributed by atoms with Crippen molar-refractivity contribution in [2.75, 3.05) is 5.32 Å². The number of benzene rings is 1. The molecule has 0 bridgehead atoms. The van der Waals surface area contributed by atoms with Gasteiger partial charge in [0, 0.05) is 5.69 Å². The van der Waals surface area contributed by atoms with Gasteiger partial charge in [-0.1, -0.05) is 50.7 Å². The Labute approximate surface area is 168 Å². The van der Waals surface area contributed by atoms with Gasteiger partial charge in [-0.3, -0.25) is 4.79 Å². The van der Waals surface area contributed by atoms with E-state index in [0.717, 1.165) is 56.9 Å². The van der Waals surface area contributed by atoms with E-state index in [0.29, 0.717) is 18.5 Å². The van der Waals surface area contributed by atoms with Gasteiger partial charge in [0.25, 0.3) is 0 Å². The summed E-state index contributed by atoms with van der Waals surface area (Å²) in [5, 5.41) is 2.68. The predicted molar refractivity (Wildman–Crippen MR) is 112 cm³/mol. The number of carbonyl (C=O) groups is 1. The molecule has 0 aliphatic heterocycles. The number of hydrogen-bond acceptors (Lipinski definition) is 4. The Bertz CT molecular complexity index is 739. The number of carbonyl (C=O) groups excluding carboxylic acids is 1. The lowest BCUT2D eigenvalue weighted by Crippen LogP contribution is -2.52. The minimum atomic E-state index is -3.15. The van der Waals surface area contributed by atoms with Crippen molar-refractivity contribution in [3.8, 4) is 0 Å². The molecule has 5 nitrogen and oxygen atoms in total. The molecule has 2 saturated carbocycles. The summed E-state index contributed by atoms with van der Waals surface area (Å²) < 4.78 is 25.4. The summed E-state index contributed by atoms with van der Waals surface area (Å²) in [5.74, 6) is -0.126. The Hall–Kier alpha value is -1.11. The van der Waals surface area contributed by atoms with Gasteiger partial charge in [0.05, 0.1) is 16.5 Å². The Morgan fingerprint density at radius 1 is 1.07 bits per heavy atom. The monoisotopic (exact) mass is 414 g/mol. The lowest BCUT2D eigenvalue weighted by molar-refractivity contribution is -0.122. The quantitative estimate of drug-likeness (QED) is 0.763. The fourth-order valence-electron chi connectivity index (χ4n) is 4.18. The maximum atomic E-state index is 12.7. The van der Waals surface area contributed by atoms with Crippen molar-refractivity contribution in [1.82, 2.24) is 0 Å². The van der Waals surface area contributed by atoms with Crippen LogP contribution in [0.4, 0.5) is 5.69 Å². The average molecular weight is 415 g/mol. The fraction of sp³-hybridized carbons (Fsp3) is 0.650. The molecule has 0 radical (unpaired) electrons. The van der Waals surface area contributed by atoms with E-state index in [2.05, 4.69) is 5.32 Å². The highest BCUT2D eigenvalue weighted by molar-refractivity contribution is 7.91. The summed E-state index contributed by atoms with van der Waals surface area (Å²) in [7, 11) is -3.15. The highest BCUT2D eigenvalue weighted by atomic mass is 35.5. The number of rotatable bonds is 5. The van der Waals surface area contributed by atoms with Crippen molar-refractivity contribution in [2.24, 2.45) is 5.73 Å². The Kier molecular flexibility index (Phi) is 7.72. The van der Waals surface area contributed by atoms with Crippen LogP contribution < -0.4 is 11.1 Å². The van der Waals surface area contributed by atoms with Crippen molar-refractivity contribution < 1.29 is 13.2 Å². The van der Waals surface area contributed by atoms with E-state index in [1.54, 1.807) is 18.2 Å². The van der Waals surface area contributed by atoms with Crippen molar-refractivity contribution >= 4 is 33.8 Å². The first-order valence-electron chi connectivity index (χ1n) is 9.80. The molecular formula is C20H31ClN2O3S. The van der Waals surface area contributed by atoms with Gasteiger partial charge in [0.1, 0.15) is 0 Å². The van der Waals surface area contributed by atoms with Crippen molar-refractivity contribution in [3.63, 3.8) is 0 Å². The average Bonchev–Trinajstić information content (AvgIpc) is 2.63. The lowest BCUT2D eigenvalue weighted by atomic mass is 9.82. The number of anilines is 1. The molecule has 0 spiro atoms. The van der Waals surface area contributed by atoms with Crippen molar-refractivity contribution in [1.29, 1.82) is 0 Å². The normalized spacial score (nSPS) is 20.5. The molecule has 1 aromatic carbocycles. The highest BCUT2D eigenvalue weighted by Gasteiger charge is 2.35. The van der Waals surface area contributed by atoms with Gasteiger partial charge in [-0.2, -0.15) is 0 Å². The van der Waals surface area contributed by atoms with Gasteiger partial charge < -0.3 is 11.1 Å². The SMILES string of the molecule is Cl.NC1(C(=O)Nc2cccc(CS(=O)(=O)C3CCCCC3)c2)CCCCC1. The molecule has 0 heterocycles. The molecule has 3 N–H and O–H groups in total. The summed E-state index contributed by atoms with van der Waals surface area (Å²) >= 11 is 0. The van der Waals surface area contributed by atoms with E-state index >= 15 is 0 Å². The van der Waals surface area contributed by atoms with Crippen LogP contribution in [-0.4, -0.2) is 25.1 Å². The largest absolute Gasteiger partial charge is 0.324 e. The standard InChI is InChI=1S/C20H30N2O3S.ClH/c21-20(12-5-2-6-13-20)19(23)22-17-9-7-8-16(14-17)15-26(24,25)18-10-3-1-4-11-18;/h7-9,14,18H,1-6,10-13,15,21H2,(H,22,23);1H. The Balaban J connectivity index is 0.00000261. The van der Waals surface area contributed by atoms with Gasteiger partial charge >= 0.3 is 0 Å². The molecular weight excluding hydrogens is 384 g/mol. The number of halogens is 1. The van der Waals surface area contributed by atoms with E-state index in [1.807, 2.05) is 6.07 Å². The smallest absolute Gasteiger partial charge is 0.244 e. The first-order chi connectivity index (χ1) is 12.4. The van der Waals surface area contributed by atoms with Crippen LogP contribution in [0.2, 0.25) is 0 Å². The third-order valence-corrected chi connectivity index (χ3v) is 8.03. The minimum absolute atomic E-state index is 0. The first kappa shape index (κ1) is 22.2. The zero-order chi connectivity index (χ0) is 18.6. The summed E-state index contributed by atoms with van der Waals surface area (Å²) in [4.78, 5) is 12.6. The second-order valence-corrected chi connectivity index (χ2v) is 10.2. The molecule has 0 aromatic heterocycles. The highest BCUT2D eigenvalue weighted by Crippen LogP contribution is 2.29. The van der Waals surface area contributed by atoms with E-state index < -0.39 is 15.4 Å². The van der Waals surface area contributed by atoms with Crippen LogP contribution in [0.5, 0.6) is 0 Å². The van der Waals surface area contributed by atoms with Crippen LogP contribution in [0.1, 0.15) is 69.8 Å². The molecule has 2 aliphatic rings. The molecule has 1 amide bonds. The number of amides is 1. The minimum Gasteiger partial charge on any atom is -0.324 e. The molecule has 0 atom stereocenters. The van der Waals surface area contributed by atoms with Crippen LogP contribution in [0.3, 0.4) is 0 Å². The molecule has 3 rings (SSSR count). The second-order valence-electron chi connectivity index (χ2n) is 7.94. The number of hydrogen-bond donors (Lipinski definition) is 2. The van der Waals surface area contributed by atoms with E-state index in [4.69, 9.17) is 5.73 Å². The first-order valence-corrected chi connectivity index (χ1v) is 11.5. The maximum absolute atomic E-state index is 12.7. The van der Waals surface area contributed by atoms with E-state index in [9.17, 15) is 13.2 Å². The molecule has 1 aromatic rings. The van der Waals surface area contributed by atoms with Gasteiger partial charge in [-0.05, 0) is 43.4 Å². The van der Waals surface area contributed by atoms with Gasteiger partial charge in [-0.25, -0.2) is 8.42 Å². The zero-order valence-corrected chi connectivity index (χ0v) is 17.4. The third-order valence-electron chi connectivity index (χ3n) is 5.81. The van der Waals surface area contributed by atoms with Gasteiger partial charge in [0.15, 0.2) is 9.84 Å². The van der Waals surface area contributed by atoms with Crippen molar-refractivity contribution in [2.45, 2.75) is 80.7 Å². The summed E-state index contributed by atoms with van der Waals surface area (Å²) in [6, 6.07) is 7.17. The van der Waals surface area contributed by atoms with Crippen LogP contribution in [-0.2, 0) is 20.4 Å². The zero-order valence-electron chi connectivity index (χ0n) is 15.8. The number of sulfone groups is 1. The van der Waals surface area contributed by atoms with Gasteiger partial charge in [-0.15, -0.1) is 12.4 Å². The molecule has 2 aliphatic carbocycles. The topological polar surface area (TPSA) is 89.3 Å². The van der Waals surface area contributed by atoms with E-state index in [1.165, 1.54) is 0 Å². The number of nitrogens with one attached hydrogen (secondary N) is 1. The molecule has 0 unspecified atom stereocenters. The predicted octanol–water partition coefficient (Wildman–Crippen LogP) is 3.96. The van der Waals surface area contributed by atoms with Crippen LogP contribution in [0, 0.1) is 0 Å². The second kappa shape index (κ2) is 9.39. The molecule has 7 heteroatoms. The van der Waals surface area contributed by atoms with Crippen LogP contribution >= 0.6 is 12.4 Å². The summed E-state index contributed by atoms with van der Waals surface area (Å²) in [5.41, 5.74) is 6.83. The van der Waals surface area contributed by atoms with Crippen LogP contribution in [0.25, 0.3) is 0 Å². The number of nitrogens with two attached hydrogens (primary N) is 1. The fourth-order valence-corrected chi connectivity index (χ4v) is 6.11. The molecule has 27 heavy (non-hydrogen) atoms. The van der Waals surface area contributed by atoms with Gasteiger partial charge in [0.2, 0.25) is 5.91 Å². The Morgan fingerprint density at radius 3 is 2.37 bits per heavy atom. The lowest BCUT2D eigenvalue weighted by Gasteiger charge is -2.31. The maximum Gasteiger partial charge on any atom is 0.244 e. The molecule has 0 saturated heterocycles. The van der Waals surface area contributed by atoms with Crippen molar-refractivity contribution in [3.05, 3.63) is 29.8 Å². The summed E-state index contributed by atoms with van der Waals surface area (Å²) in [6.07, 6.45) is 9.16. The molecule has 152 valence electrons. The molecule has 2 fully saturated rings. The Morgan fingerprint density at radius 2 is 1.70 bits per heavy atom.